The molecular formula is C23H24ClNO4. The molecule has 0 saturated heterocycles. The topological polar surface area (TPSA) is 60.7 Å². The molecule has 0 spiro atoms. The molecule has 0 bridgehead atoms. The second-order valence-electron chi connectivity index (χ2n) is 6.73. The predicted octanol–water partition coefficient (Wildman–Crippen LogP) is 5.24. The molecule has 0 aliphatic carbocycles. The lowest BCUT2D eigenvalue weighted by Crippen LogP contribution is -2.25. The Bertz CT molecular complexity index is 1050. The van der Waals surface area contributed by atoms with E-state index in [1.54, 1.807) is 26.6 Å². The molecule has 3 rings (SSSR count). The summed E-state index contributed by atoms with van der Waals surface area (Å²) in [5, 5.41) is 4.43. The van der Waals surface area contributed by atoms with E-state index < -0.39 is 0 Å². The molecule has 0 radical (unpaired) electrons. The summed E-state index contributed by atoms with van der Waals surface area (Å²) >= 11 is 6.02. The number of nitrogens with one attached hydrogen (secondary N) is 1. The van der Waals surface area contributed by atoms with E-state index in [2.05, 4.69) is 5.32 Å². The van der Waals surface area contributed by atoms with Crippen molar-refractivity contribution in [1.29, 1.82) is 0 Å². The van der Waals surface area contributed by atoms with Crippen LogP contribution >= 0.6 is 11.6 Å². The van der Waals surface area contributed by atoms with Crippen LogP contribution in [0.5, 0.6) is 5.75 Å². The summed E-state index contributed by atoms with van der Waals surface area (Å²) in [6.07, 6.45) is 3.31. The highest BCUT2D eigenvalue weighted by molar-refractivity contribution is 6.30. The minimum atomic E-state index is -0.176. The number of carbonyl (C=O) groups excluding carboxylic acids is 1. The Morgan fingerprint density at radius 2 is 1.97 bits per heavy atom. The molecule has 0 aliphatic heterocycles. The first-order valence-electron chi connectivity index (χ1n) is 9.26. The predicted molar refractivity (Wildman–Crippen MR) is 116 cm³/mol. The first kappa shape index (κ1) is 21.0. The molecule has 0 atom stereocenters. The Hall–Kier alpha value is -2.76. The Labute approximate surface area is 175 Å². The number of benzene rings is 2. The van der Waals surface area contributed by atoms with Gasteiger partial charge < -0.3 is 19.2 Å². The van der Waals surface area contributed by atoms with Gasteiger partial charge in [0, 0.05) is 46.8 Å². The van der Waals surface area contributed by atoms with Crippen LogP contribution in [0.2, 0.25) is 5.02 Å². The smallest absolute Gasteiger partial charge is 0.244 e. The molecule has 3 aromatic rings. The van der Waals surface area contributed by atoms with Crippen LogP contribution in [-0.2, 0) is 9.53 Å². The summed E-state index contributed by atoms with van der Waals surface area (Å²) < 4.78 is 16.5. The summed E-state index contributed by atoms with van der Waals surface area (Å²) in [4.78, 5) is 12.2. The van der Waals surface area contributed by atoms with E-state index in [4.69, 9.17) is 25.5 Å². The zero-order chi connectivity index (χ0) is 21.0. The molecule has 0 aliphatic rings. The highest BCUT2D eigenvalue weighted by Gasteiger charge is 2.18. The molecule has 29 heavy (non-hydrogen) atoms. The van der Waals surface area contributed by atoms with E-state index in [1.807, 2.05) is 44.2 Å². The number of methoxy groups -OCH3 is 2. The molecular weight excluding hydrogens is 390 g/mol. The first-order valence-corrected chi connectivity index (χ1v) is 9.64. The zero-order valence-corrected chi connectivity index (χ0v) is 17.7. The average Bonchev–Trinajstić information content (AvgIpc) is 3.13. The second-order valence-corrected chi connectivity index (χ2v) is 7.16. The van der Waals surface area contributed by atoms with E-state index >= 15 is 0 Å². The van der Waals surface area contributed by atoms with E-state index in [0.717, 1.165) is 38.8 Å². The van der Waals surface area contributed by atoms with Crippen molar-refractivity contribution in [2.75, 3.05) is 27.4 Å². The minimum Gasteiger partial charge on any atom is -0.496 e. The number of ether oxygens (including phenoxy) is 2. The number of aryl methyl sites for hydroxylation is 1. The molecule has 1 aromatic heterocycles. The van der Waals surface area contributed by atoms with Gasteiger partial charge in [-0.05, 0) is 43.2 Å². The van der Waals surface area contributed by atoms with Gasteiger partial charge in [0.1, 0.15) is 11.3 Å². The largest absolute Gasteiger partial charge is 0.496 e. The molecule has 1 N–H and O–H groups in total. The third-order valence-corrected chi connectivity index (χ3v) is 5.03. The Balaban J connectivity index is 2.07. The number of hydrogen-bond donors (Lipinski definition) is 1. The highest BCUT2D eigenvalue weighted by Crippen LogP contribution is 2.40. The summed E-state index contributed by atoms with van der Waals surface area (Å²) in [6, 6.07) is 9.61. The lowest BCUT2D eigenvalue weighted by molar-refractivity contribution is -0.116. The van der Waals surface area contributed by atoms with Gasteiger partial charge in [-0.2, -0.15) is 0 Å². The lowest BCUT2D eigenvalue weighted by atomic mass is 9.96. The Morgan fingerprint density at radius 1 is 1.24 bits per heavy atom. The van der Waals surface area contributed by atoms with Gasteiger partial charge in [-0.15, -0.1) is 0 Å². The molecule has 0 unspecified atom stereocenters. The van der Waals surface area contributed by atoms with E-state index in [0.29, 0.717) is 23.9 Å². The van der Waals surface area contributed by atoms with Crippen LogP contribution in [0.1, 0.15) is 18.1 Å². The zero-order valence-electron chi connectivity index (χ0n) is 17.0. The number of rotatable bonds is 7. The number of furan rings is 1. The molecule has 0 fully saturated rings. The van der Waals surface area contributed by atoms with Gasteiger partial charge in [0.25, 0.3) is 0 Å². The summed E-state index contributed by atoms with van der Waals surface area (Å²) in [6.45, 7) is 4.76. The van der Waals surface area contributed by atoms with E-state index in [1.165, 1.54) is 0 Å². The number of fused-ring (bicyclic) bond motifs is 1. The Morgan fingerprint density at radius 3 is 2.62 bits per heavy atom. The van der Waals surface area contributed by atoms with Gasteiger partial charge in [-0.25, -0.2) is 0 Å². The van der Waals surface area contributed by atoms with Crippen molar-refractivity contribution < 1.29 is 18.7 Å². The molecule has 1 heterocycles. The summed E-state index contributed by atoms with van der Waals surface area (Å²) in [5.41, 5.74) is 5.24. The third-order valence-electron chi connectivity index (χ3n) is 4.78. The average molecular weight is 414 g/mol. The van der Waals surface area contributed by atoms with Gasteiger partial charge >= 0.3 is 0 Å². The Kier molecular flexibility index (Phi) is 6.62. The maximum absolute atomic E-state index is 12.2. The highest BCUT2D eigenvalue weighted by atomic mass is 35.5. The van der Waals surface area contributed by atoms with Crippen molar-refractivity contribution in [3.63, 3.8) is 0 Å². The molecule has 6 heteroatoms. The van der Waals surface area contributed by atoms with Gasteiger partial charge in [0.2, 0.25) is 5.91 Å². The number of halogens is 1. The summed E-state index contributed by atoms with van der Waals surface area (Å²) in [7, 11) is 3.21. The van der Waals surface area contributed by atoms with Gasteiger partial charge in [0.15, 0.2) is 0 Å². The van der Waals surface area contributed by atoms with Crippen LogP contribution in [0, 0.1) is 6.92 Å². The first-order chi connectivity index (χ1) is 14.0. The second kappa shape index (κ2) is 9.16. The molecule has 0 saturated carbocycles. The van der Waals surface area contributed by atoms with Crippen LogP contribution in [0.3, 0.4) is 0 Å². The van der Waals surface area contributed by atoms with Crippen molar-refractivity contribution in [1.82, 2.24) is 5.32 Å². The lowest BCUT2D eigenvalue weighted by Gasteiger charge is -2.13. The van der Waals surface area contributed by atoms with E-state index in [9.17, 15) is 4.79 Å². The monoisotopic (exact) mass is 413 g/mol. The van der Waals surface area contributed by atoms with Gasteiger partial charge in [-0.3, -0.25) is 4.79 Å². The maximum Gasteiger partial charge on any atom is 0.244 e. The van der Waals surface area contributed by atoms with Crippen molar-refractivity contribution >= 4 is 34.1 Å². The summed E-state index contributed by atoms with van der Waals surface area (Å²) in [5.74, 6) is 0.511. The van der Waals surface area contributed by atoms with Gasteiger partial charge in [0.05, 0.1) is 20.0 Å². The van der Waals surface area contributed by atoms with E-state index in [-0.39, 0.29) is 5.91 Å². The molecule has 1 amide bonds. The van der Waals surface area contributed by atoms with Crippen molar-refractivity contribution in [2.45, 2.75) is 13.8 Å². The minimum absolute atomic E-state index is 0.176. The van der Waals surface area contributed by atoms with Crippen LogP contribution in [0.4, 0.5) is 0 Å². The van der Waals surface area contributed by atoms with Crippen LogP contribution in [0.15, 0.2) is 47.1 Å². The molecule has 152 valence electrons. The fourth-order valence-electron chi connectivity index (χ4n) is 3.33. The SMILES string of the molecule is COCCNC(=O)/C=C(\C)c1cc2c(-c3ccc(Cl)cc3)coc2c(C)c1OC. The van der Waals surface area contributed by atoms with Crippen molar-refractivity contribution in [3.05, 3.63) is 58.8 Å². The molecule has 5 nitrogen and oxygen atoms in total. The number of carbonyl (C=O) groups is 1. The number of hydrogen-bond acceptors (Lipinski definition) is 4. The standard InChI is InChI=1S/C23H24ClNO4/c1-14(11-21(26)25-9-10-27-3)18-12-19-20(16-5-7-17(24)8-6-16)13-29-23(19)15(2)22(18)28-4/h5-8,11-13H,9-10H2,1-4H3,(H,25,26)/b14-11+. The number of allylic oxidation sites excluding steroid dienone is 1. The fraction of sp³-hybridized carbons (Fsp3) is 0.261. The quantitative estimate of drug-likeness (QED) is 0.425. The van der Waals surface area contributed by atoms with Crippen LogP contribution in [-0.4, -0.2) is 33.3 Å². The molecule has 2 aromatic carbocycles. The van der Waals surface area contributed by atoms with Crippen molar-refractivity contribution in [3.8, 4) is 16.9 Å². The number of amides is 1. The van der Waals surface area contributed by atoms with Crippen LogP contribution in [0.25, 0.3) is 27.7 Å². The third kappa shape index (κ3) is 4.47. The van der Waals surface area contributed by atoms with Gasteiger partial charge in [-0.1, -0.05) is 23.7 Å². The van der Waals surface area contributed by atoms with Crippen molar-refractivity contribution in [2.24, 2.45) is 0 Å². The normalized spacial score (nSPS) is 11.7. The fourth-order valence-corrected chi connectivity index (χ4v) is 3.45. The van der Waals surface area contributed by atoms with Crippen LogP contribution < -0.4 is 10.1 Å². The maximum atomic E-state index is 12.2.